The van der Waals surface area contributed by atoms with Gasteiger partial charge in [0.1, 0.15) is 5.75 Å². The van der Waals surface area contributed by atoms with Crippen molar-refractivity contribution >= 4 is 11.4 Å². The molecule has 0 N–H and O–H groups in total. The fourth-order valence-corrected chi connectivity index (χ4v) is 2.01. The van der Waals surface area contributed by atoms with Gasteiger partial charge in [0.15, 0.2) is 0 Å². The molecule has 1 aromatic heterocycles. The topological polar surface area (TPSA) is 28.6 Å². The molecule has 0 saturated heterocycles. The zero-order valence-electron chi connectivity index (χ0n) is 12.7. The molecule has 2 aromatic rings. The van der Waals surface area contributed by atoms with Crippen LogP contribution in [0.5, 0.6) is 5.75 Å². The van der Waals surface area contributed by atoms with E-state index in [0.717, 1.165) is 28.4 Å². The Bertz CT molecular complexity index is 594. The van der Waals surface area contributed by atoms with Gasteiger partial charge < -0.3 is 14.5 Å². The smallest absolute Gasteiger partial charge is 0.130 e. The molecule has 106 valence electrons. The van der Waals surface area contributed by atoms with Crippen LogP contribution in [0.1, 0.15) is 0 Å². The number of ether oxygens (including phenoxy) is 1. The number of rotatable bonds is 4. The molecule has 0 atom stereocenters. The minimum Gasteiger partial charge on any atom is -0.496 e. The predicted octanol–water partition coefficient (Wildman–Crippen LogP) is 2.89. The summed E-state index contributed by atoms with van der Waals surface area (Å²) in [5.41, 5.74) is 4.14. The highest BCUT2D eigenvalue weighted by molar-refractivity contribution is 5.73. The maximum atomic E-state index is 5.51. The molecular weight excluding hydrogens is 250 g/mol. The van der Waals surface area contributed by atoms with E-state index in [2.05, 4.69) is 33.0 Å². The predicted molar refractivity (Wildman–Crippen MR) is 84.9 cm³/mol. The van der Waals surface area contributed by atoms with E-state index in [1.807, 2.05) is 46.5 Å². The first-order valence-corrected chi connectivity index (χ1v) is 6.52. The molecule has 2 rings (SSSR count). The van der Waals surface area contributed by atoms with Gasteiger partial charge in [-0.15, -0.1) is 0 Å². The third-order valence-electron chi connectivity index (χ3n) is 3.24. The zero-order valence-corrected chi connectivity index (χ0v) is 12.7. The normalized spacial score (nSPS) is 10.2. The number of methoxy groups -OCH3 is 1. The van der Waals surface area contributed by atoms with Crippen molar-refractivity contribution in [1.82, 2.24) is 4.98 Å². The van der Waals surface area contributed by atoms with Gasteiger partial charge in [-0.1, -0.05) is 0 Å². The molecule has 0 unspecified atom stereocenters. The van der Waals surface area contributed by atoms with Gasteiger partial charge in [-0.05, 0) is 24.3 Å². The average molecular weight is 271 g/mol. The number of benzene rings is 1. The Kier molecular flexibility index (Phi) is 4.13. The van der Waals surface area contributed by atoms with Gasteiger partial charge in [-0.25, -0.2) is 0 Å². The molecule has 0 radical (unpaired) electrons. The minimum absolute atomic E-state index is 0.833. The highest BCUT2D eigenvalue weighted by Crippen LogP contribution is 2.33. The SMILES string of the molecule is COc1cc(N(C)C)ccc1-c1cc(N(C)C)ccn1. The van der Waals surface area contributed by atoms with Crippen molar-refractivity contribution in [1.29, 1.82) is 0 Å². The molecule has 0 aliphatic heterocycles. The van der Waals surface area contributed by atoms with Crippen LogP contribution in [0.15, 0.2) is 36.5 Å². The van der Waals surface area contributed by atoms with E-state index >= 15 is 0 Å². The Morgan fingerprint density at radius 1 is 0.900 bits per heavy atom. The maximum Gasteiger partial charge on any atom is 0.130 e. The van der Waals surface area contributed by atoms with Crippen molar-refractivity contribution in [2.45, 2.75) is 0 Å². The maximum absolute atomic E-state index is 5.51. The van der Waals surface area contributed by atoms with E-state index in [4.69, 9.17) is 4.74 Å². The summed E-state index contributed by atoms with van der Waals surface area (Å²) in [5.74, 6) is 0.833. The lowest BCUT2D eigenvalue weighted by Crippen LogP contribution is -2.09. The Labute approximate surface area is 120 Å². The second kappa shape index (κ2) is 5.82. The summed E-state index contributed by atoms with van der Waals surface area (Å²) in [6.07, 6.45) is 1.82. The average Bonchev–Trinajstić information content (AvgIpc) is 2.46. The second-order valence-electron chi connectivity index (χ2n) is 5.07. The van der Waals surface area contributed by atoms with Crippen LogP contribution in [-0.4, -0.2) is 40.3 Å². The lowest BCUT2D eigenvalue weighted by molar-refractivity contribution is 0.416. The highest BCUT2D eigenvalue weighted by atomic mass is 16.5. The molecule has 4 heteroatoms. The first-order chi connectivity index (χ1) is 9.52. The molecule has 0 spiro atoms. The molecule has 1 aromatic carbocycles. The first kappa shape index (κ1) is 14.2. The van der Waals surface area contributed by atoms with Gasteiger partial charge in [-0.3, -0.25) is 4.98 Å². The van der Waals surface area contributed by atoms with Crippen LogP contribution < -0.4 is 14.5 Å². The number of hydrogen-bond donors (Lipinski definition) is 0. The van der Waals surface area contributed by atoms with Crippen molar-refractivity contribution in [3.8, 4) is 17.0 Å². The van der Waals surface area contributed by atoms with E-state index in [1.54, 1.807) is 7.11 Å². The summed E-state index contributed by atoms with van der Waals surface area (Å²) < 4.78 is 5.51. The number of anilines is 2. The van der Waals surface area contributed by atoms with E-state index in [0.29, 0.717) is 0 Å². The van der Waals surface area contributed by atoms with Gasteiger partial charge in [0.25, 0.3) is 0 Å². The van der Waals surface area contributed by atoms with Crippen molar-refractivity contribution in [2.24, 2.45) is 0 Å². The quantitative estimate of drug-likeness (QED) is 0.855. The number of aromatic nitrogens is 1. The summed E-state index contributed by atoms with van der Waals surface area (Å²) in [5, 5.41) is 0. The number of hydrogen-bond acceptors (Lipinski definition) is 4. The van der Waals surface area contributed by atoms with Crippen LogP contribution in [0.25, 0.3) is 11.3 Å². The number of pyridine rings is 1. The lowest BCUT2D eigenvalue weighted by Gasteiger charge is -2.17. The van der Waals surface area contributed by atoms with Crippen LogP contribution in [0.2, 0.25) is 0 Å². The van der Waals surface area contributed by atoms with Gasteiger partial charge in [0.2, 0.25) is 0 Å². The van der Waals surface area contributed by atoms with E-state index in [9.17, 15) is 0 Å². The van der Waals surface area contributed by atoms with Crippen LogP contribution >= 0.6 is 0 Å². The van der Waals surface area contributed by atoms with Crippen LogP contribution in [0, 0.1) is 0 Å². The Balaban J connectivity index is 2.49. The van der Waals surface area contributed by atoms with Crippen molar-refractivity contribution in [3.05, 3.63) is 36.5 Å². The van der Waals surface area contributed by atoms with Gasteiger partial charge in [0.05, 0.1) is 12.8 Å². The first-order valence-electron chi connectivity index (χ1n) is 6.52. The fourth-order valence-electron chi connectivity index (χ4n) is 2.01. The van der Waals surface area contributed by atoms with Gasteiger partial charge in [-0.2, -0.15) is 0 Å². The standard InChI is InChI=1S/C16H21N3O/c1-18(2)12-6-7-14(16(11-12)20-5)15-10-13(19(3)4)8-9-17-15/h6-11H,1-5H3. The summed E-state index contributed by atoms with van der Waals surface area (Å²) in [4.78, 5) is 8.57. The van der Waals surface area contributed by atoms with Crippen molar-refractivity contribution in [2.75, 3.05) is 45.1 Å². The molecule has 0 aliphatic rings. The molecule has 0 saturated carbocycles. The fraction of sp³-hybridized carbons (Fsp3) is 0.312. The van der Waals surface area contributed by atoms with Crippen LogP contribution in [-0.2, 0) is 0 Å². The van der Waals surface area contributed by atoms with Crippen molar-refractivity contribution in [3.63, 3.8) is 0 Å². The van der Waals surface area contributed by atoms with Crippen LogP contribution in [0.4, 0.5) is 11.4 Å². The summed E-state index contributed by atoms with van der Waals surface area (Å²) in [7, 11) is 9.75. The molecule has 4 nitrogen and oxygen atoms in total. The molecule has 0 fully saturated rings. The Hall–Kier alpha value is -2.23. The third-order valence-corrected chi connectivity index (χ3v) is 3.24. The van der Waals surface area contributed by atoms with Gasteiger partial charge in [0, 0.05) is 57.4 Å². The molecule has 0 aliphatic carbocycles. The number of nitrogens with zero attached hydrogens (tertiary/aromatic N) is 3. The summed E-state index contributed by atoms with van der Waals surface area (Å²) in [6.45, 7) is 0. The highest BCUT2D eigenvalue weighted by Gasteiger charge is 2.10. The van der Waals surface area contributed by atoms with Crippen LogP contribution in [0.3, 0.4) is 0 Å². The summed E-state index contributed by atoms with van der Waals surface area (Å²) in [6, 6.07) is 10.2. The largest absolute Gasteiger partial charge is 0.496 e. The lowest BCUT2D eigenvalue weighted by atomic mass is 10.1. The molecule has 0 bridgehead atoms. The minimum atomic E-state index is 0.833. The molecule has 0 amide bonds. The Morgan fingerprint density at radius 2 is 1.55 bits per heavy atom. The molecular formula is C16H21N3O. The molecule has 20 heavy (non-hydrogen) atoms. The monoisotopic (exact) mass is 271 g/mol. The second-order valence-corrected chi connectivity index (χ2v) is 5.07. The van der Waals surface area contributed by atoms with E-state index in [1.165, 1.54) is 0 Å². The summed E-state index contributed by atoms with van der Waals surface area (Å²) >= 11 is 0. The molecule has 1 heterocycles. The zero-order chi connectivity index (χ0) is 14.7. The van der Waals surface area contributed by atoms with Gasteiger partial charge >= 0.3 is 0 Å². The van der Waals surface area contributed by atoms with E-state index < -0.39 is 0 Å². The van der Waals surface area contributed by atoms with E-state index in [-0.39, 0.29) is 0 Å². The van der Waals surface area contributed by atoms with Crippen molar-refractivity contribution < 1.29 is 4.74 Å². The Morgan fingerprint density at radius 3 is 2.15 bits per heavy atom. The third kappa shape index (κ3) is 2.85.